The van der Waals surface area contributed by atoms with Gasteiger partial charge in [-0.05, 0) is 44.0 Å². The van der Waals surface area contributed by atoms with Crippen LogP contribution in [0.1, 0.15) is 19.8 Å². The lowest BCUT2D eigenvalue weighted by atomic mass is 9.99. The summed E-state index contributed by atoms with van der Waals surface area (Å²) in [5, 5.41) is 2.85. The molecule has 2 amide bonds. The quantitative estimate of drug-likeness (QED) is 0.900. The van der Waals surface area contributed by atoms with Gasteiger partial charge in [0.1, 0.15) is 0 Å². The first kappa shape index (κ1) is 17.9. The number of carbonyl (C=O) groups excluding carboxylic acids is 2. The van der Waals surface area contributed by atoms with Crippen molar-refractivity contribution in [2.75, 3.05) is 44.6 Å². The van der Waals surface area contributed by atoms with Crippen LogP contribution in [0.2, 0.25) is 0 Å². The number of morpholine rings is 1. The van der Waals surface area contributed by atoms with Crippen molar-refractivity contribution in [2.24, 2.45) is 5.92 Å². The Kier molecular flexibility index (Phi) is 6.04. The molecule has 2 fully saturated rings. The van der Waals surface area contributed by atoms with Gasteiger partial charge in [0.2, 0.25) is 5.91 Å². The van der Waals surface area contributed by atoms with Crippen LogP contribution in [0, 0.1) is 5.92 Å². The van der Waals surface area contributed by atoms with Crippen molar-refractivity contribution in [3.8, 4) is 0 Å². The van der Waals surface area contributed by atoms with Crippen LogP contribution in [0.3, 0.4) is 0 Å². The molecule has 1 unspecified atom stereocenters. The van der Waals surface area contributed by atoms with E-state index in [0.29, 0.717) is 26.2 Å². The Hall–Kier alpha value is -1.92. The van der Waals surface area contributed by atoms with Gasteiger partial charge in [-0.25, -0.2) is 0 Å². The maximum absolute atomic E-state index is 12.6. The first-order valence-corrected chi connectivity index (χ1v) is 9.09. The van der Waals surface area contributed by atoms with Crippen LogP contribution in [0.5, 0.6) is 0 Å². The number of likely N-dealkylation sites (tertiary alicyclic amines) is 1. The summed E-state index contributed by atoms with van der Waals surface area (Å²) in [6, 6.07) is 9.30. The monoisotopic (exact) mass is 345 g/mol. The van der Waals surface area contributed by atoms with Gasteiger partial charge in [-0.3, -0.25) is 14.5 Å². The van der Waals surface area contributed by atoms with Crippen LogP contribution in [0.25, 0.3) is 0 Å². The third-order valence-corrected chi connectivity index (χ3v) is 4.99. The molecule has 0 spiro atoms. The highest BCUT2D eigenvalue weighted by Crippen LogP contribution is 2.16. The van der Waals surface area contributed by atoms with Gasteiger partial charge >= 0.3 is 0 Å². The van der Waals surface area contributed by atoms with E-state index >= 15 is 0 Å². The fraction of sp³-hybridized carbons (Fsp3) is 0.579. The third-order valence-electron chi connectivity index (χ3n) is 4.99. The Morgan fingerprint density at radius 2 is 1.88 bits per heavy atom. The van der Waals surface area contributed by atoms with Gasteiger partial charge in [-0.1, -0.05) is 25.1 Å². The van der Waals surface area contributed by atoms with Crippen LogP contribution in [-0.2, 0) is 14.3 Å². The molecule has 2 heterocycles. The third kappa shape index (κ3) is 5.03. The van der Waals surface area contributed by atoms with Crippen molar-refractivity contribution in [1.29, 1.82) is 0 Å². The molecule has 25 heavy (non-hydrogen) atoms. The number of nitrogens with zero attached hydrogens (tertiary/aromatic N) is 2. The minimum atomic E-state index is -0.612. The minimum Gasteiger partial charge on any atom is -0.365 e. The molecule has 0 saturated carbocycles. The molecule has 6 heteroatoms. The molecule has 1 atom stereocenters. The molecule has 0 radical (unpaired) electrons. The van der Waals surface area contributed by atoms with Gasteiger partial charge in [0, 0.05) is 12.2 Å². The van der Waals surface area contributed by atoms with Crippen molar-refractivity contribution in [1.82, 2.24) is 9.80 Å². The number of para-hydroxylation sites is 1. The average molecular weight is 345 g/mol. The van der Waals surface area contributed by atoms with E-state index in [1.54, 1.807) is 4.90 Å². The summed E-state index contributed by atoms with van der Waals surface area (Å²) in [6.45, 7) is 5.94. The van der Waals surface area contributed by atoms with Crippen molar-refractivity contribution in [3.05, 3.63) is 30.3 Å². The zero-order chi connectivity index (χ0) is 17.6. The largest absolute Gasteiger partial charge is 0.365 e. The lowest BCUT2D eigenvalue weighted by Crippen LogP contribution is -2.52. The van der Waals surface area contributed by atoms with Crippen molar-refractivity contribution in [2.45, 2.75) is 25.9 Å². The molecule has 6 nitrogen and oxygen atoms in total. The minimum absolute atomic E-state index is 0.0929. The Balaban J connectivity index is 1.50. The smallest absolute Gasteiger partial charge is 0.255 e. The summed E-state index contributed by atoms with van der Waals surface area (Å²) in [7, 11) is 0. The fourth-order valence-electron chi connectivity index (χ4n) is 3.29. The summed E-state index contributed by atoms with van der Waals surface area (Å²) in [5.41, 5.74) is 0.738. The van der Waals surface area contributed by atoms with E-state index in [0.717, 1.165) is 37.5 Å². The number of piperidine rings is 1. The second-order valence-corrected chi connectivity index (χ2v) is 7.01. The molecule has 1 N–H and O–H groups in total. The Morgan fingerprint density at radius 3 is 2.60 bits per heavy atom. The number of hydrogen-bond acceptors (Lipinski definition) is 4. The molecule has 136 valence electrons. The number of carbonyl (C=O) groups is 2. The van der Waals surface area contributed by atoms with E-state index in [2.05, 4.69) is 17.1 Å². The standard InChI is InChI=1S/C19H27N3O3/c1-15-7-9-21(10-8-15)14-18(23)22-11-12-25-17(13-22)19(24)20-16-5-3-2-4-6-16/h2-6,15,17H,7-14H2,1H3,(H,20,24). The zero-order valence-corrected chi connectivity index (χ0v) is 14.8. The van der Waals surface area contributed by atoms with Gasteiger partial charge in [0.05, 0.1) is 19.7 Å². The molecular formula is C19H27N3O3. The number of benzene rings is 1. The summed E-state index contributed by atoms with van der Waals surface area (Å²) < 4.78 is 5.58. The van der Waals surface area contributed by atoms with E-state index in [1.807, 2.05) is 30.3 Å². The molecule has 0 bridgehead atoms. The summed E-state index contributed by atoms with van der Waals surface area (Å²) in [5.74, 6) is 0.645. The highest BCUT2D eigenvalue weighted by molar-refractivity contribution is 5.94. The SMILES string of the molecule is CC1CCN(CC(=O)N2CCOC(C(=O)Nc3ccccc3)C2)CC1. The van der Waals surface area contributed by atoms with E-state index in [4.69, 9.17) is 4.74 Å². The lowest BCUT2D eigenvalue weighted by Gasteiger charge is -2.35. The van der Waals surface area contributed by atoms with Gasteiger partial charge in [0.25, 0.3) is 5.91 Å². The van der Waals surface area contributed by atoms with Gasteiger partial charge in [0.15, 0.2) is 6.10 Å². The van der Waals surface area contributed by atoms with Crippen LogP contribution in [0.15, 0.2) is 30.3 Å². The number of ether oxygens (including phenoxy) is 1. The van der Waals surface area contributed by atoms with Gasteiger partial charge in [-0.15, -0.1) is 0 Å². The number of nitrogens with one attached hydrogen (secondary N) is 1. The summed E-state index contributed by atoms with van der Waals surface area (Å²) in [4.78, 5) is 28.9. The first-order valence-electron chi connectivity index (χ1n) is 9.09. The predicted molar refractivity (Wildman–Crippen MR) is 96.2 cm³/mol. The Labute approximate surface area is 149 Å². The Bertz CT molecular complexity index is 585. The molecule has 0 aromatic heterocycles. The van der Waals surface area contributed by atoms with E-state index in [-0.39, 0.29) is 11.8 Å². The van der Waals surface area contributed by atoms with Crippen LogP contribution in [0.4, 0.5) is 5.69 Å². The Morgan fingerprint density at radius 1 is 1.16 bits per heavy atom. The average Bonchev–Trinajstić information content (AvgIpc) is 2.64. The first-order chi connectivity index (χ1) is 12.1. The lowest BCUT2D eigenvalue weighted by molar-refractivity contribution is -0.145. The highest BCUT2D eigenvalue weighted by atomic mass is 16.5. The second kappa shape index (κ2) is 8.45. The van der Waals surface area contributed by atoms with Gasteiger partial charge < -0.3 is 15.0 Å². The zero-order valence-electron chi connectivity index (χ0n) is 14.8. The van der Waals surface area contributed by atoms with Crippen LogP contribution < -0.4 is 5.32 Å². The molecule has 2 saturated heterocycles. The van der Waals surface area contributed by atoms with E-state index < -0.39 is 6.10 Å². The summed E-state index contributed by atoms with van der Waals surface area (Å²) in [6.07, 6.45) is 1.69. The molecular weight excluding hydrogens is 318 g/mol. The van der Waals surface area contributed by atoms with E-state index in [9.17, 15) is 9.59 Å². The molecule has 1 aromatic rings. The molecule has 2 aliphatic heterocycles. The van der Waals surface area contributed by atoms with Crippen LogP contribution >= 0.6 is 0 Å². The molecule has 1 aromatic carbocycles. The maximum Gasteiger partial charge on any atom is 0.255 e. The number of rotatable bonds is 4. The van der Waals surface area contributed by atoms with Gasteiger partial charge in [-0.2, -0.15) is 0 Å². The number of anilines is 1. The fourth-order valence-corrected chi connectivity index (χ4v) is 3.29. The predicted octanol–water partition coefficient (Wildman–Crippen LogP) is 1.58. The number of hydrogen-bond donors (Lipinski definition) is 1. The van der Waals surface area contributed by atoms with Crippen LogP contribution in [-0.4, -0.2) is 67.0 Å². The number of amides is 2. The molecule has 3 rings (SSSR count). The maximum atomic E-state index is 12.6. The molecule has 2 aliphatic rings. The topological polar surface area (TPSA) is 61.9 Å². The summed E-state index contributed by atoms with van der Waals surface area (Å²) >= 11 is 0. The van der Waals surface area contributed by atoms with Crippen molar-refractivity contribution < 1.29 is 14.3 Å². The molecule has 0 aliphatic carbocycles. The van der Waals surface area contributed by atoms with Crippen molar-refractivity contribution in [3.63, 3.8) is 0 Å². The van der Waals surface area contributed by atoms with E-state index in [1.165, 1.54) is 0 Å². The van der Waals surface area contributed by atoms with Crippen molar-refractivity contribution >= 4 is 17.5 Å². The normalized spacial score (nSPS) is 22.6. The second-order valence-electron chi connectivity index (χ2n) is 7.01. The highest BCUT2D eigenvalue weighted by Gasteiger charge is 2.30.